The fourth-order valence-electron chi connectivity index (χ4n) is 2.31. The molecule has 0 saturated carbocycles. The summed E-state index contributed by atoms with van der Waals surface area (Å²) < 4.78 is 5.18. The van der Waals surface area contributed by atoms with Crippen LogP contribution < -0.4 is 4.74 Å². The number of hydrogen-bond acceptors (Lipinski definition) is 2. The molecular formula is C20H16Cl2OS. The van der Waals surface area contributed by atoms with E-state index in [0.29, 0.717) is 10.0 Å². The predicted octanol–water partition coefficient (Wildman–Crippen LogP) is 6.96. The van der Waals surface area contributed by atoms with Crippen molar-refractivity contribution in [3.05, 3.63) is 82.3 Å². The molecular weight excluding hydrogens is 359 g/mol. The number of benzene rings is 3. The number of methoxy groups -OCH3 is 1. The third kappa shape index (κ3) is 4.27. The first-order chi connectivity index (χ1) is 11.7. The number of hydrogen-bond donors (Lipinski definition) is 0. The maximum atomic E-state index is 6.09. The van der Waals surface area contributed by atoms with Crippen LogP contribution >= 0.6 is 35.0 Å². The van der Waals surface area contributed by atoms with Gasteiger partial charge in [-0.15, -0.1) is 11.8 Å². The fraction of sp³-hybridized carbons (Fsp3) is 0.100. The first-order valence-electron chi connectivity index (χ1n) is 7.47. The van der Waals surface area contributed by atoms with Crippen molar-refractivity contribution >= 4 is 35.0 Å². The molecule has 4 heteroatoms. The second-order valence-corrected chi connectivity index (χ2v) is 7.15. The van der Waals surface area contributed by atoms with Crippen molar-refractivity contribution in [1.82, 2.24) is 0 Å². The zero-order valence-electron chi connectivity index (χ0n) is 13.1. The van der Waals surface area contributed by atoms with Crippen molar-refractivity contribution in [2.45, 2.75) is 10.6 Å². The Morgan fingerprint density at radius 2 is 1.46 bits per heavy atom. The van der Waals surface area contributed by atoms with E-state index >= 15 is 0 Å². The molecule has 0 atom stereocenters. The quantitative estimate of drug-likeness (QED) is 0.446. The molecule has 0 radical (unpaired) electrons. The Kier molecular flexibility index (Phi) is 5.72. The molecule has 0 aliphatic heterocycles. The fourth-order valence-corrected chi connectivity index (χ4v) is 3.46. The smallest absolute Gasteiger partial charge is 0.118 e. The molecule has 0 saturated heterocycles. The molecule has 0 aliphatic rings. The number of thioether (sulfide) groups is 1. The standard InChI is InChI=1S/C20H16Cl2OS/c1-23-17-7-2-14(3-8-17)13-24-18-9-4-15(5-10-18)16-6-11-19(21)20(22)12-16/h2-12H,13H2,1H3. The van der Waals surface area contributed by atoms with Gasteiger partial charge in [0.1, 0.15) is 5.75 Å². The first kappa shape index (κ1) is 17.2. The summed E-state index contributed by atoms with van der Waals surface area (Å²) in [7, 11) is 1.68. The van der Waals surface area contributed by atoms with Gasteiger partial charge in [0.15, 0.2) is 0 Å². The summed E-state index contributed by atoms with van der Waals surface area (Å²) in [6, 6.07) is 22.3. The van der Waals surface area contributed by atoms with Gasteiger partial charge in [-0.1, -0.05) is 53.5 Å². The summed E-state index contributed by atoms with van der Waals surface area (Å²) >= 11 is 13.9. The van der Waals surface area contributed by atoms with Gasteiger partial charge >= 0.3 is 0 Å². The second-order valence-electron chi connectivity index (χ2n) is 5.29. The van der Waals surface area contributed by atoms with Crippen molar-refractivity contribution in [3.8, 4) is 16.9 Å². The van der Waals surface area contributed by atoms with Gasteiger partial charge in [-0.25, -0.2) is 0 Å². The Morgan fingerprint density at radius 1 is 0.792 bits per heavy atom. The lowest BCUT2D eigenvalue weighted by Gasteiger charge is -2.06. The Hall–Kier alpha value is -1.61. The molecule has 0 bridgehead atoms. The van der Waals surface area contributed by atoms with E-state index in [2.05, 4.69) is 36.4 Å². The SMILES string of the molecule is COc1ccc(CSc2ccc(-c3ccc(Cl)c(Cl)c3)cc2)cc1. The topological polar surface area (TPSA) is 9.23 Å². The second kappa shape index (κ2) is 7.98. The third-order valence-electron chi connectivity index (χ3n) is 3.67. The van der Waals surface area contributed by atoms with Crippen molar-refractivity contribution in [3.63, 3.8) is 0 Å². The zero-order chi connectivity index (χ0) is 16.9. The van der Waals surface area contributed by atoms with Gasteiger partial charge in [0.2, 0.25) is 0 Å². The molecule has 3 aromatic rings. The normalized spacial score (nSPS) is 10.6. The first-order valence-corrected chi connectivity index (χ1v) is 9.21. The maximum absolute atomic E-state index is 6.09. The highest BCUT2D eigenvalue weighted by atomic mass is 35.5. The number of ether oxygens (including phenoxy) is 1. The third-order valence-corrected chi connectivity index (χ3v) is 5.49. The molecule has 1 nitrogen and oxygen atoms in total. The summed E-state index contributed by atoms with van der Waals surface area (Å²) in [4.78, 5) is 1.23. The van der Waals surface area contributed by atoms with E-state index in [0.717, 1.165) is 22.6 Å². The average Bonchev–Trinajstić information content (AvgIpc) is 2.63. The van der Waals surface area contributed by atoms with Gasteiger partial charge in [-0.3, -0.25) is 0 Å². The predicted molar refractivity (Wildman–Crippen MR) is 104 cm³/mol. The van der Waals surface area contributed by atoms with Crippen LogP contribution in [0.1, 0.15) is 5.56 Å². The van der Waals surface area contributed by atoms with Crippen LogP contribution in [0.15, 0.2) is 71.6 Å². The van der Waals surface area contributed by atoms with Crippen LogP contribution in [0.25, 0.3) is 11.1 Å². The van der Waals surface area contributed by atoms with E-state index in [1.165, 1.54) is 10.5 Å². The van der Waals surface area contributed by atoms with Crippen LogP contribution in [-0.4, -0.2) is 7.11 Å². The monoisotopic (exact) mass is 374 g/mol. The minimum Gasteiger partial charge on any atom is -0.497 e. The summed E-state index contributed by atoms with van der Waals surface area (Å²) in [6.07, 6.45) is 0. The number of rotatable bonds is 5. The summed E-state index contributed by atoms with van der Waals surface area (Å²) in [5.41, 5.74) is 3.47. The van der Waals surface area contributed by atoms with E-state index in [1.807, 2.05) is 42.1 Å². The van der Waals surface area contributed by atoms with Crippen LogP contribution in [0.2, 0.25) is 10.0 Å². The van der Waals surface area contributed by atoms with Gasteiger partial charge < -0.3 is 4.74 Å². The molecule has 122 valence electrons. The highest BCUT2D eigenvalue weighted by Crippen LogP contribution is 2.30. The van der Waals surface area contributed by atoms with E-state index in [1.54, 1.807) is 7.11 Å². The molecule has 0 spiro atoms. The van der Waals surface area contributed by atoms with Crippen LogP contribution in [0.5, 0.6) is 5.75 Å². The molecule has 3 rings (SSSR count). The lowest BCUT2D eigenvalue weighted by atomic mass is 10.1. The minimum atomic E-state index is 0.576. The van der Waals surface area contributed by atoms with Crippen LogP contribution in [0.3, 0.4) is 0 Å². The molecule has 0 amide bonds. The molecule has 3 aromatic carbocycles. The molecule has 0 aliphatic carbocycles. The van der Waals surface area contributed by atoms with Gasteiger partial charge in [0.05, 0.1) is 17.2 Å². The van der Waals surface area contributed by atoms with Crippen LogP contribution in [-0.2, 0) is 5.75 Å². The molecule has 24 heavy (non-hydrogen) atoms. The largest absolute Gasteiger partial charge is 0.497 e. The highest BCUT2D eigenvalue weighted by Gasteiger charge is 2.03. The number of halogens is 2. The Bertz CT molecular complexity index is 814. The van der Waals surface area contributed by atoms with Crippen molar-refractivity contribution in [1.29, 1.82) is 0 Å². The zero-order valence-corrected chi connectivity index (χ0v) is 15.5. The average molecular weight is 375 g/mol. The van der Waals surface area contributed by atoms with Gasteiger partial charge in [0.25, 0.3) is 0 Å². The van der Waals surface area contributed by atoms with Crippen LogP contribution in [0.4, 0.5) is 0 Å². The van der Waals surface area contributed by atoms with E-state index in [4.69, 9.17) is 27.9 Å². The molecule has 0 fully saturated rings. The van der Waals surface area contributed by atoms with E-state index in [-0.39, 0.29) is 0 Å². The van der Waals surface area contributed by atoms with Crippen LogP contribution in [0, 0.1) is 0 Å². The molecule has 0 unspecified atom stereocenters. The van der Waals surface area contributed by atoms with E-state index in [9.17, 15) is 0 Å². The summed E-state index contributed by atoms with van der Waals surface area (Å²) in [5, 5.41) is 1.15. The van der Waals surface area contributed by atoms with Crippen molar-refractivity contribution in [2.24, 2.45) is 0 Å². The lowest BCUT2D eigenvalue weighted by molar-refractivity contribution is 0.414. The molecule has 0 N–H and O–H groups in total. The highest BCUT2D eigenvalue weighted by molar-refractivity contribution is 7.98. The minimum absolute atomic E-state index is 0.576. The van der Waals surface area contributed by atoms with Gasteiger partial charge in [0, 0.05) is 10.6 Å². The summed E-state index contributed by atoms with van der Waals surface area (Å²) in [6.45, 7) is 0. The Morgan fingerprint density at radius 3 is 2.08 bits per heavy atom. The van der Waals surface area contributed by atoms with Gasteiger partial charge in [-0.2, -0.15) is 0 Å². The van der Waals surface area contributed by atoms with E-state index < -0.39 is 0 Å². The molecule has 0 heterocycles. The summed E-state index contributed by atoms with van der Waals surface area (Å²) in [5.74, 6) is 1.81. The molecule has 0 aromatic heterocycles. The Labute approximate surface area is 156 Å². The van der Waals surface area contributed by atoms with Crippen molar-refractivity contribution in [2.75, 3.05) is 7.11 Å². The van der Waals surface area contributed by atoms with Crippen molar-refractivity contribution < 1.29 is 4.74 Å². The maximum Gasteiger partial charge on any atom is 0.118 e. The van der Waals surface area contributed by atoms with Gasteiger partial charge in [-0.05, 0) is 53.1 Å². The lowest BCUT2D eigenvalue weighted by Crippen LogP contribution is -1.84. The Balaban J connectivity index is 1.66.